The van der Waals surface area contributed by atoms with Crippen LogP contribution >= 0.6 is 0 Å². The lowest BCUT2D eigenvalue weighted by Crippen LogP contribution is -2.49. The highest BCUT2D eigenvalue weighted by atomic mass is 19.4. The SMILES string of the molecule is Cn1cc(Nc2nccc(C3=CC4CCC(C3)N4C(=O)N3CCC(C(F)(F)F)C3)n2)cn1. The second-order valence-corrected chi connectivity index (χ2v) is 8.65. The van der Waals surface area contributed by atoms with Crippen molar-refractivity contribution in [2.24, 2.45) is 13.0 Å². The van der Waals surface area contributed by atoms with Crippen LogP contribution < -0.4 is 5.32 Å². The van der Waals surface area contributed by atoms with Gasteiger partial charge in [-0.3, -0.25) is 4.68 Å². The second-order valence-electron chi connectivity index (χ2n) is 8.65. The third-order valence-electron chi connectivity index (χ3n) is 6.48. The minimum Gasteiger partial charge on any atom is -0.324 e. The fourth-order valence-corrected chi connectivity index (χ4v) is 4.90. The Balaban J connectivity index is 1.30. The summed E-state index contributed by atoms with van der Waals surface area (Å²) in [6, 6.07) is 1.42. The third-order valence-corrected chi connectivity index (χ3v) is 6.48. The minimum atomic E-state index is -4.25. The summed E-state index contributed by atoms with van der Waals surface area (Å²) in [7, 11) is 1.82. The molecule has 2 amide bonds. The first-order valence-electron chi connectivity index (χ1n) is 10.7. The number of carbonyl (C=O) groups excluding carboxylic acids is 1. The van der Waals surface area contributed by atoms with Gasteiger partial charge in [0, 0.05) is 38.6 Å². The van der Waals surface area contributed by atoms with Gasteiger partial charge in [-0.05, 0) is 37.3 Å². The molecule has 170 valence electrons. The molecule has 2 saturated heterocycles. The molecular formula is C21H24F3N7O. The average molecular weight is 447 g/mol. The summed E-state index contributed by atoms with van der Waals surface area (Å²) >= 11 is 0. The molecule has 8 nitrogen and oxygen atoms in total. The van der Waals surface area contributed by atoms with E-state index in [-0.39, 0.29) is 37.6 Å². The second kappa shape index (κ2) is 7.79. The Morgan fingerprint density at radius 3 is 2.78 bits per heavy atom. The number of nitrogens with one attached hydrogen (secondary N) is 1. The Kier molecular flexibility index (Phi) is 5.06. The van der Waals surface area contributed by atoms with Gasteiger partial charge in [0.05, 0.1) is 29.5 Å². The van der Waals surface area contributed by atoms with Crippen LogP contribution in [-0.2, 0) is 7.05 Å². The number of hydrogen-bond donors (Lipinski definition) is 1. The minimum absolute atomic E-state index is 0.0207. The number of anilines is 2. The highest BCUT2D eigenvalue weighted by molar-refractivity contribution is 5.79. The summed E-state index contributed by atoms with van der Waals surface area (Å²) in [5, 5.41) is 7.24. The van der Waals surface area contributed by atoms with Crippen LogP contribution in [0.2, 0.25) is 0 Å². The van der Waals surface area contributed by atoms with Gasteiger partial charge in [-0.25, -0.2) is 14.8 Å². The molecule has 1 N–H and O–H groups in total. The van der Waals surface area contributed by atoms with Crippen molar-refractivity contribution in [2.45, 2.75) is 43.9 Å². The van der Waals surface area contributed by atoms with Crippen LogP contribution in [0.15, 0.2) is 30.7 Å². The van der Waals surface area contributed by atoms with Gasteiger partial charge in [0.1, 0.15) is 0 Å². The number of carbonyl (C=O) groups is 1. The molecule has 0 aliphatic carbocycles. The lowest BCUT2D eigenvalue weighted by Gasteiger charge is -2.36. The maximum atomic E-state index is 13.0. The number of hydrogen-bond acceptors (Lipinski definition) is 5. The largest absolute Gasteiger partial charge is 0.393 e. The molecule has 0 radical (unpaired) electrons. The molecule has 3 aliphatic rings. The maximum absolute atomic E-state index is 13.0. The van der Waals surface area contributed by atoms with Gasteiger partial charge >= 0.3 is 12.2 Å². The first kappa shape index (κ1) is 20.8. The molecule has 3 unspecified atom stereocenters. The monoisotopic (exact) mass is 447 g/mol. The van der Waals surface area contributed by atoms with Crippen LogP contribution in [0.3, 0.4) is 0 Å². The van der Waals surface area contributed by atoms with Crippen molar-refractivity contribution < 1.29 is 18.0 Å². The summed E-state index contributed by atoms with van der Waals surface area (Å²) in [4.78, 5) is 25.1. The third kappa shape index (κ3) is 3.91. The van der Waals surface area contributed by atoms with Gasteiger partial charge in [-0.1, -0.05) is 6.08 Å². The van der Waals surface area contributed by atoms with Crippen molar-refractivity contribution >= 4 is 23.2 Å². The molecule has 2 aromatic rings. The van der Waals surface area contributed by atoms with E-state index in [0.29, 0.717) is 12.4 Å². The molecule has 2 fully saturated rings. The first-order chi connectivity index (χ1) is 15.3. The topological polar surface area (TPSA) is 79.2 Å². The molecule has 5 rings (SSSR count). The zero-order valence-corrected chi connectivity index (χ0v) is 17.6. The number of alkyl halides is 3. The van der Waals surface area contributed by atoms with Crippen LogP contribution in [0, 0.1) is 5.92 Å². The number of rotatable bonds is 3. The Labute approximate surface area is 183 Å². The summed E-state index contributed by atoms with van der Waals surface area (Å²) in [5.74, 6) is -0.968. The standard InChI is InChI=1S/C21H24F3N7O/c1-29-12-15(10-26-29)27-19-25-6-4-18(28-19)13-8-16-2-3-17(9-13)31(16)20(32)30-7-5-14(11-30)21(22,23)24/h4,6,8,10,12,14,16-17H,2-3,5,7,9,11H2,1H3,(H,25,27,28). The predicted octanol–water partition coefficient (Wildman–Crippen LogP) is 3.58. The zero-order valence-electron chi connectivity index (χ0n) is 17.6. The number of aromatic nitrogens is 4. The highest BCUT2D eigenvalue weighted by Crippen LogP contribution is 2.40. The van der Waals surface area contributed by atoms with E-state index in [1.165, 1.54) is 4.90 Å². The lowest BCUT2D eigenvalue weighted by molar-refractivity contribution is -0.170. The fourth-order valence-electron chi connectivity index (χ4n) is 4.90. The number of amides is 2. The van der Waals surface area contributed by atoms with Gasteiger partial charge < -0.3 is 15.1 Å². The van der Waals surface area contributed by atoms with Crippen molar-refractivity contribution in [2.75, 3.05) is 18.4 Å². The van der Waals surface area contributed by atoms with E-state index < -0.39 is 12.1 Å². The number of nitrogens with zero attached hydrogens (tertiary/aromatic N) is 6. The van der Waals surface area contributed by atoms with Gasteiger partial charge in [0.2, 0.25) is 5.95 Å². The van der Waals surface area contributed by atoms with Crippen molar-refractivity contribution in [3.63, 3.8) is 0 Å². The van der Waals surface area contributed by atoms with Gasteiger partial charge in [-0.2, -0.15) is 18.3 Å². The van der Waals surface area contributed by atoms with Gasteiger partial charge in [0.15, 0.2) is 0 Å². The number of aryl methyl sites for hydroxylation is 1. The molecule has 0 saturated carbocycles. The fraction of sp³-hybridized carbons (Fsp3) is 0.524. The van der Waals surface area contributed by atoms with Crippen molar-refractivity contribution in [3.05, 3.63) is 36.4 Å². The molecule has 0 aromatic carbocycles. The van der Waals surface area contributed by atoms with E-state index >= 15 is 0 Å². The van der Waals surface area contributed by atoms with Crippen molar-refractivity contribution in [1.82, 2.24) is 29.5 Å². The van der Waals surface area contributed by atoms with Crippen LogP contribution in [0.5, 0.6) is 0 Å². The molecule has 32 heavy (non-hydrogen) atoms. The average Bonchev–Trinajstić information content (AvgIpc) is 3.46. The van der Waals surface area contributed by atoms with Crippen LogP contribution in [-0.4, -0.2) is 66.9 Å². The van der Waals surface area contributed by atoms with E-state index in [2.05, 4.69) is 20.4 Å². The number of likely N-dealkylation sites (tertiary alicyclic amines) is 1. The van der Waals surface area contributed by atoms with E-state index in [1.54, 1.807) is 22.0 Å². The van der Waals surface area contributed by atoms with Crippen molar-refractivity contribution in [3.8, 4) is 0 Å². The molecule has 2 aromatic heterocycles. The maximum Gasteiger partial charge on any atom is 0.393 e. The molecule has 3 aliphatic heterocycles. The van der Waals surface area contributed by atoms with Crippen LogP contribution in [0.25, 0.3) is 5.57 Å². The number of halogens is 3. The summed E-state index contributed by atoms with van der Waals surface area (Å²) in [6.07, 6.45) is 5.22. The molecular weight excluding hydrogens is 423 g/mol. The Morgan fingerprint density at radius 1 is 1.25 bits per heavy atom. The Morgan fingerprint density at radius 2 is 2.09 bits per heavy atom. The van der Waals surface area contributed by atoms with E-state index in [9.17, 15) is 18.0 Å². The summed E-state index contributed by atoms with van der Waals surface area (Å²) in [6.45, 7) is -0.0884. The molecule has 3 atom stereocenters. The smallest absolute Gasteiger partial charge is 0.324 e. The Bertz CT molecular complexity index is 1050. The molecule has 5 heterocycles. The normalized spacial score (nSPS) is 25.2. The molecule has 11 heteroatoms. The summed E-state index contributed by atoms with van der Waals surface area (Å²) in [5.41, 5.74) is 2.60. The Hall–Kier alpha value is -3.11. The summed E-state index contributed by atoms with van der Waals surface area (Å²) < 4.78 is 40.8. The van der Waals surface area contributed by atoms with E-state index in [1.807, 2.05) is 25.4 Å². The van der Waals surface area contributed by atoms with Crippen LogP contribution in [0.4, 0.5) is 29.6 Å². The number of fused-ring (bicyclic) bond motifs is 2. The molecule has 2 bridgehead atoms. The van der Waals surface area contributed by atoms with Crippen molar-refractivity contribution in [1.29, 1.82) is 0 Å². The lowest BCUT2D eigenvalue weighted by atomic mass is 9.98. The predicted molar refractivity (Wildman–Crippen MR) is 111 cm³/mol. The first-order valence-corrected chi connectivity index (χ1v) is 10.7. The highest BCUT2D eigenvalue weighted by Gasteiger charge is 2.48. The van der Waals surface area contributed by atoms with Gasteiger partial charge in [0.25, 0.3) is 0 Å². The quantitative estimate of drug-likeness (QED) is 0.778. The van der Waals surface area contributed by atoms with E-state index in [4.69, 9.17) is 0 Å². The van der Waals surface area contributed by atoms with Crippen LogP contribution in [0.1, 0.15) is 31.4 Å². The zero-order chi connectivity index (χ0) is 22.5. The molecule has 0 spiro atoms. The number of urea groups is 1. The van der Waals surface area contributed by atoms with E-state index in [0.717, 1.165) is 29.8 Å². The van der Waals surface area contributed by atoms with Gasteiger partial charge in [-0.15, -0.1) is 0 Å².